The predicted octanol–water partition coefficient (Wildman–Crippen LogP) is 2.80. The largest absolute Gasteiger partial charge is 0.433 e. The predicted molar refractivity (Wildman–Crippen MR) is 94.7 cm³/mol. The van der Waals surface area contributed by atoms with E-state index in [4.69, 9.17) is 0 Å². The molecule has 1 aromatic heterocycles. The molecule has 0 bridgehead atoms. The molecule has 6 nitrogen and oxygen atoms in total. The number of alkyl halides is 3. The van der Waals surface area contributed by atoms with Crippen LogP contribution in [0.5, 0.6) is 0 Å². The molecule has 0 unspecified atom stereocenters. The lowest BCUT2D eigenvalue weighted by Crippen LogP contribution is -2.39. The maximum atomic E-state index is 13.6. The Labute approximate surface area is 154 Å². The van der Waals surface area contributed by atoms with E-state index in [1.54, 1.807) is 18.2 Å². The highest BCUT2D eigenvalue weighted by molar-refractivity contribution is 5.79. The van der Waals surface area contributed by atoms with E-state index in [9.17, 15) is 17.6 Å². The fraction of sp³-hybridized carbons (Fsp3) is 0.353. The molecule has 2 aromatic rings. The van der Waals surface area contributed by atoms with Crippen LogP contribution in [0.2, 0.25) is 0 Å². The zero-order valence-electron chi connectivity index (χ0n) is 14.6. The summed E-state index contributed by atoms with van der Waals surface area (Å²) in [5.74, 6) is 0.0212. The number of anilines is 1. The molecule has 27 heavy (non-hydrogen) atoms. The Hall–Kier alpha value is -2.91. The van der Waals surface area contributed by atoms with Crippen molar-refractivity contribution >= 4 is 11.9 Å². The van der Waals surface area contributed by atoms with Gasteiger partial charge in [0.25, 0.3) is 0 Å². The Balaban J connectivity index is 1.86. The average molecular weight is 384 g/mol. The van der Waals surface area contributed by atoms with Crippen LogP contribution in [-0.2, 0) is 12.7 Å². The summed E-state index contributed by atoms with van der Waals surface area (Å²) in [6.45, 7) is 3.27. The summed E-state index contributed by atoms with van der Waals surface area (Å²) in [7, 11) is 0. The summed E-state index contributed by atoms with van der Waals surface area (Å²) >= 11 is 0. The van der Waals surface area contributed by atoms with Crippen molar-refractivity contribution in [3.63, 3.8) is 0 Å². The van der Waals surface area contributed by atoms with Crippen LogP contribution < -0.4 is 16.0 Å². The van der Waals surface area contributed by atoms with Crippen molar-refractivity contribution < 1.29 is 17.6 Å². The van der Waals surface area contributed by atoms with E-state index in [1.165, 1.54) is 6.07 Å². The minimum absolute atomic E-state index is 0.111. The Kier molecular flexibility index (Phi) is 7.33. The Morgan fingerprint density at radius 2 is 1.89 bits per heavy atom. The normalized spacial score (nSPS) is 12.0. The second kappa shape index (κ2) is 9.70. The standard InChI is InChI=1S/C17H20F4N6/c1-2-22-15(26-11-12-5-3-4-6-13(12)18)24-9-10-25-16-23-8-7-14(27-16)17(19,20)21/h3-8H,2,9-11H2,1H3,(H2,22,24,26)(H,23,25,27). The van der Waals surface area contributed by atoms with Gasteiger partial charge in [0.1, 0.15) is 11.5 Å². The lowest BCUT2D eigenvalue weighted by molar-refractivity contribution is -0.141. The number of rotatable bonds is 7. The minimum Gasteiger partial charge on any atom is -0.357 e. The lowest BCUT2D eigenvalue weighted by atomic mass is 10.2. The lowest BCUT2D eigenvalue weighted by Gasteiger charge is -2.12. The van der Waals surface area contributed by atoms with E-state index < -0.39 is 11.9 Å². The number of guanidine groups is 1. The van der Waals surface area contributed by atoms with Crippen LogP contribution in [0, 0.1) is 5.82 Å². The van der Waals surface area contributed by atoms with Gasteiger partial charge in [-0.05, 0) is 19.1 Å². The fourth-order valence-corrected chi connectivity index (χ4v) is 2.09. The molecule has 2 rings (SSSR count). The van der Waals surface area contributed by atoms with Gasteiger partial charge in [0.05, 0.1) is 6.54 Å². The van der Waals surface area contributed by atoms with Crippen molar-refractivity contribution in [3.05, 3.63) is 53.6 Å². The zero-order chi connectivity index (χ0) is 19.7. The van der Waals surface area contributed by atoms with Gasteiger partial charge in [0, 0.05) is 31.4 Å². The van der Waals surface area contributed by atoms with Crippen LogP contribution in [0.25, 0.3) is 0 Å². The van der Waals surface area contributed by atoms with Crippen molar-refractivity contribution in [3.8, 4) is 0 Å². The van der Waals surface area contributed by atoms with E-state index in [1.807, 2.05) is 6.92 Å². The first-order valence-electron chi connectivity index (χ1n) is 8.30. The molecule has 10 heteroatoms. The first-order chi connectivity index (χ1) is 12.9. The number of benzene rings is 1. The number of aliphatic imine (C=N–C) groups is 1. The van der Waals surface area contributed by atoms with Gasteiger partial charge in [-0.1, -0.05) is 18.2 Å². The molecular formula is C17H20F4N6. The molecule has 0 fully saturated rings. The molecule has 1 heterocycles. The topological polar surface area (TPSA) is 74.2 Å². The summed E-state index contributed by atoms with van der Waals surface area (Å²) in [5, 5.41) is 8.72. The van der Waals surface area contributed by atoms with Crippen molar-refractivity contribution in [2.24, 2.45) is 4.99 Å². The smallest absolute Gasteiger partial charge is 0.357 e. The van der Waals surface area contributed by atoms with Crippen molar-refractivity contribution in [1.29, 1.82) is 0 Å². The molecule has 0 spiro atoms. The van der Waals surface area contributed by atoms with Gasteiger partial charge in [0.15, 0.2) is 5.96 Å². The molecule has 0 amide bonds. The van der Waals surface area contributed by atoms with Crippen molar-refractivity contribution in [1.82, 2.24) is 20.6 Å². The van der Waals surface area contributed by atoms with Crippen LogP contribution in [0.15, 0.2) is 41.5 Å². The minimum atomic E-state index is -4.52. The van der Waals surface area contributed by atoms with Crippen LogP contribution in [0.4, 0.5) is 23.5 Å². The number of nitrogens with one attached hydrogen (secondary N) is 3. The number of aromatic nitrogens is 2. The molecular weight excluding hydrogens is 364 g/mol. The first kappa shape index (κ1) is 20.4. The molecule has 1 aromatic carbocycles. The SMILES string of the molecule is CCNC(=NCc1ccccc1F)NCCNc1nccc(C(F)(F)F)n1. The van der Waals surface area contributed by atoms with E-state index in [0.717, 1.165) is 12.3 Å². The van der Waals surface area contributed by atoms with E-state index in [2.05, 4.69) is 30.9 Å². The third-order valence-electron chi connectivity index (χ3n) is 3.36. The highest BCUT2D eigenvalue weighted by atomic mass is 19.4. The molecule has 146 valence electrons. The number of hydrogen-bond donors (Lipinski definition) is 3. The highest BCUT2D eigenvalue weighted by Crippen LogP contribution is 2.27. The zero-order valence-corrected chi connectivity index (χ0v) is 14.6. The van der Waals surface area contributed by atoms with Crippen LogP contribution in [0.1, 0.15) is 18.2 Å². The third kappa shape index (κ3) is 6.72. The summed E-state index contributed by atoms with van der Waals surface area (Å²) < 4.78 is 51.5. The third-order valence-corrected chi connectivity index (χ3v) is 3.36. The van der Waals surface area contributed by atoms with Gasteiger partial charge < -0.3 is 16.0 Å². The van der Waals surface area contributed by atoms with Crippen LogP contribution >= 0.6 is 0 Å². The van der Waals surface area contributed by atoms with Crippen molar-refractivity contribution in [2.45, 2.75) is 19.6 Å². The average Bonchev–Trinajstić information content (AvgIpc) is 2.64. The van der Waals surface area contributed by atoms with Gasteiger partial charge in [-0.3, -0.25) is 0 Å². The second-order valence-electron chi connectivity index (χ2n) is 5.40. The second-order valence-corrected chi connectivity index (χ2v) is 5.40. The molecule has 0 saturated carbocycles. The maximum absolute atomic E-state index is 13.6. The quantitative estimate of drug-likeness (QED) is 0.296. The fourth-order valence-electron chi connectivity index (χ4n) is 2.09. The van der Waals surface area contributed by atoms with Crippen LogP contribution in [-0.4, -0.2) is 35.6 Å². The van der Waals surface area contributed by atoms with Gasteiger partial charge >= 0.3 is 6.18 Å². The van der Waals surface area contributed by atoms with Gasteiger partial charge in [-0.25, -0.2) is 19.4 Å². The highest BCUT2D eigenvalue weighted by Gasteiger charge is 2.32. The van der Waals surface area contributed by atoms with E-state index in [0.29, 0.717) is 24.6 Å². The van der Waals surface area contributed by atoms with Crippen molar-refractivity contribution in [2.75, 3.05) is 25.0 Å². The molecule has 3 N–H and O–H groups in total. The first-order valence-corrected chi connectivity index (χ1v) is 8.30. The molecule has 0 saturated heterocycles. The van der Waals surface area contributed by atoms with Gasteiger partial charge in [-0.15, -0.1) is 0 Å². The molecule has 0 aliphatic carbocycles. The van der Waals surface area contributed by atoms with Crippen LogP contribution in [0.3, 0.4) is 0 Å². The maximum Gasteiger partial charge on any atom is 0.433 e. The van der Waals surface area contributed by atoms with E-state index >= 15 is 0 Å². The van der Waals surface area contributed by atoms with Gasteiger partial charge in [-0.2, -0.15) is 13.2 Å². The number of halogens is 4. The summed E-state index contributed by atoms with van der Waals surface area (Å²) in [5.41, 5.74) is -0.544. The number of hydrogen-bond acceptors (Lipinski definition) is 4. The monoisotopic (exact) mass is 384 g/mol. The Morgan fingerprint density at radius 3 is 2.59 bits per heavy atom. The molecule has 0 radical (unpaired) electrons. The number of nitrogens with zero attached hydrogens (tertiary/aromatic N) is 3. The van der Waals surface area contributed by atoms with Gasteiger partial charge in [0.2, 0.25) is 5.95 Å². The summed E-state index contributed by atoms with van der Waals surface area (Å²) in [6, 6.07) is 7.15. The molecule has 0 atom stereocenters. The summed E-state index contributed by atoms with van der Waals surface area (Å²) in [4.78, 5) is 11.5. The Bertz CT molecular complexity index is 763. The Morgan fingerprint density at radius 1 is 1.11 bits per heavy atom. The molecule has 0 aliphatic rings. The summed E-state index contributed by atoms with van der Waals surface area (Å²) in [6.07, 6.45) is -3.47. The van der Waals surface area contributed by atoms with E-state index in [-0.39, 0.29) is 24.9 Å². The molecule has 0 aliphatic heterocycles.